The summed E-state index contributed by atoms with van der Waals surface area (Å²) in [7, 11) is 0. The van der Waals surface area contributed by atoms with Crippen LogP contribution >= 0.6 is 12.4 Å². The van der Waals surface area contributed by atoms with E-state index in [1.165, 1.54) is 0 Å². The summed E-state index contributed by atoms with van der Waals surface area (Å²) in [5.74, 6) is -0.119. The molecule has 1 heterocycles. The van der Waals surface area contributed by atoms with Crippen molar-refractivity contribution in [2.75, 3.05) is 19.7 Å². The Balaban J connectivity index is 0.000000810. The van der Waals surface area contributed by atoms with Gasteiger partial charge < -0.3 is 10.4 Å². The molecule has 0 aliphatic carbocycles. The van der Waals surface area contributed by atoms with Gasteiger partial charge in [-0.1, -0.05) is 0 Å². The fourth-order valence-corrected chi connectivity index (χ4v) is 1.08. The summed E-state index contributed by atoms with van der Waals surface area (Å²) in [6.45, 7) is 1.24. The maximum atomic E-state index is 12.6. The molecule has 0 bridgehead atoms. The standard InChI is InChI=1S/C6H12FNO.ClH/c7-6-3-8-2-1-5(6)4-9;/h5-6,8-9H,1-4H2;1H/t5-,6-;/m1./s1. The number of hydrogen-bond donors (Lipinski definition) is 2. The zero-order valence-corrected chi connectivity index (χ0v) is 6.53. The summed E-state index contributed by atoms with van der Waals surface area (Å²) in [6.07, 6.45) is -0.0822. The van der Waals surface area contributed by atoms with E-state index in [0.29, 0.717) is 6.54 Å². The van der Waals surface area contributed by atoms with E-state index in [0.717, 1.165) is 13.0 Å². The lowest BCUT2D eigenvalue weighted by Crippen LogP contribution is -2.39. The number of alkyl halides is 1. The fraction of sp³-hybridized carbons (Fsp3) is 1.00. The van der Waals surface area contributed by atoms with Gasteiger partial charge in [-0.3, -0.25) is 0 Å². The van der Waals surface area contributed by atoms with E-state index in [-0.39, 0.29) is 24.9 Å². The first kappa shape index (κ1) is 10.1. The first-order chi connectivity index (χ1) is 4.34. The molecule has 62 valence electrons. The minimum absolute atomic E-state index is 0. The lowest BCUT2D eigenvalue weighted by atomic mass is 9.97. The molecule has 1 aliphatic rings. The van der Waals surface area contributed by atoms with E-state index in [1.807, 2.05) is 0 Å². The second kappa shape index (κ2) is 4.88. The number of hydrogen-bond acceptors (Lipinski definition) is 2. The molecule has 0 aromatic rings. The maximum Gasteiger partial charge on any atom is 0.118 e. The van der Waals surface area contributed by atoms with Crippen LogP contribution in [-0.2, 0) is 0 Å². The Morgan fingerprint density at radius 2 is 2.30 bits per heavy atom. The van der Waals surface area contributed by atoms with Crippen LogP contribution in [0.1, 0.15) is 6.42 Å². The molecule has 10 heavy (non-hydrogen) atoms. The molecule has 0 radical (unpaired) electrons. The summed E-state index contributed by atoms with van der Waals surface area (Å²) in [4.78, 5) is 0. The topological polar surface area (TPSA) is 32.3 Å². The molecule has 1 rings (SSSR count). The highest BCUT2D eigenvalue weighted by Crippen LogP contribution is 2.13. The Labute approximate surface area is 66.2 Å². The first-order valence-corrected chi connectivity index (χ1v) is 3.30. The predicted molar refractivity (Wildman–Crippen MR) is 40.2 cm³/mol. The van der Waals surface area contributed by atoms with E-state index in [4.69, 9.17) is 5.11 Å². The average Bonchev–Trinajstić information content (AvgIpc) is 1.89. The molecule has 0 aromatic carbocycles. The zero-order chi connectivity index (χ0) is 6.69. The number of nitrogens with one attached hydrogen (secondary N) is 1. The van der Waals surface area contributed by atoms with Crippen molar-refractivity contribution in [1.29, 1.82) is 0 Å². The molecule has 1 aliphatic heterocycles. The molecule has 0 spiro atoms. The quantitative estimate of drug-likeness (QED) is 0.594. The van der Waals surface area contributed by atoms with Gasteiger partial charge in [0.15, 0.2) is 0 Å². The first-order valence-electron chi connectivity index (χ1n) is 3.30. The van der Waals surface area contributed by atoms with Gasteiger partial charge in [0.2, 0.25) is 0 Å². The second-order valence-corrected chi connectivity index (χ2v) is 2.45. The van der Waals surface area contributed by atoms with Gasteiger partial charge in [0, 0.05) is 19.1 Å². The molecule has 0 amide bonds. The summed E-state index contributed by atoms with van der Waals surface area (Å²) < 4.78 is 12.6. The van der Waals surface area contributed by atoms with Crippen LogP contribution in [0.4, 0.5) is 4.39 Å². The van der Waals surface area contributed by atoms with Crippen LogP contribution in [0, 0.1) is 5.92 Å². The van der Waals surface area contributed by atoms with Crippen molar-refractivity contribution in [1.82, 2.24) is 5.32 Å². The number of rotatable bonds is 1. The predicted octanol–water partition coefficient (Wildman–Crippen LogP) is 0.348. The highest BCUT2D eigenvalue weighted by molar-refractivity contribution is 5.85. The third-order valence-electron chi connectivity index (χ3n) is 1.78. The highest BCUT2D eigenvalue weighted by atomic mass is 35.5. The molecule has 2 nitrogen and oxygen atoms in total. The van der Waals surface area contributed by atoms with Gasteiger partial charge in [-0.05, 0) is 13.0 Å². The molecule has 0 aromatic heterocycles. The van der Waals surface area contributed by atoms with E-state index in [1.54, 1.807) is 0 Å². The van der Waals surface area contributed by atoms with Crippen molar-refractivity contribution >= 4 is 12.4 Å². The SMILES string of the molecule is Cl.OC[C@H]1CCNC[C@H]1F. The van der Waals surface area contributed by atoms with Crippen molar-refractivity contribution in [2.45, 2.75) is 12.6 Å². The Morgan fingerprint density at radius 1 is 1.60 bits per heavy atom. The van der Waals surface area contributed by atoms with E-state index in [9.17, 15) is 4.39 Å². The van der Waals surface area contributed by atoms with Crippen molar-refractivity contribution in [3.05, 3.63) is 0 Å². The van der Waals surface area contributed by atoms with E-state index < -0.39 is 6.17 Å². The fourth-order valence-electron chi connectivity index (χ4n) is 1.08. The second-order valence-electron chi connectivity index (χ2n) is 2.45. The van der Waals surface area contributed by atoms with Crippen LogP contribution in [0.3, 0.4) is 0 Å². The van der Waals surface area contributed by atoms with Crippen LogP contribution in [0.15, 0.2) is 0 Å². The smallest absolute Gasteiger partial charge is 0.118 e. The third kappa shape index (κ3) is 2.40. The van der Waals surface area contributed by atoms with Crippen LogP contribution in [-0.4, -0.2) is 31.0 Å². The number of aliphatic hydroxyl groups is 1. The summed E-state index contributed by atoms with van der Waals surface area (Å²) in [5, 5.41) is 11.5. The van der Waals surface area contributed by atoms with Gasteiger partial charge in [0.05, 0.1) is 0 Å². The summed E-state index contributed by atoms with van der Waals surface area (Å²) in [5.41, 5.74) is 0. The van der Waals surface area contributed by atoms with Crippen LogP contribution < -0.4 is 5.32 Å². The van der Waals surface area contributed by atoms with Crippen molar-refractivity contribution in [3.63, 3.8) is 0 Å². The molecular formula is C6H13ClFNO. The Hall–Kier alpha value is 0.140. The third-order valence-corrected chi connectivity index (χ3v) is 1.78. The average molecular weight is 170 g/mol. The van der Waals surface area contributed by atoms with E-state index in [2.05, 4.69) is 5.32 Å². The lowest BCUT2D eigenvalue weighted by molar-refractivity contribution is 0.111. The molecule has 4 heteroatoms. The van der Waals surface area contributed by atoms with Gasteiger partial charge in [0.1, 0.15) is 6.17 Å². The van der Waals surface area contributed by atoms with Gasteiger partial charge >= 0.3 is 0 Å². The minimum atomic E-state index is -0.844. The monoisotopic (exact) mass is 169 g/mol. The van der Waals surface area contributed by atoms with Gasteiger partial charge in [-0.15, -0.1) is 12.4 Å². The summed E-state index contributed by atoms with van der Waals surface area (Å²) >= 11 is 0. The molecule has 1 saturated heterocycles. The number of halogens is 2. The molecular weight excluding hydrogens is 157 g/mol. The Morgan fingerprint density at radius 3 is 2.70 bits per heavy atom. The Kier molecular flexibility index (Phi) is 4.95. The van der Waals surface area contributed by atoms with Crippen molar-refractivity contribution in [3.8, 4) is 0 Å². The van der Waals surface area contributed by atoms with Gasteiger partial charge in [-0.2, -0.15) is 0 Å². The molecule has 2 atom stereocenters. The van der Waals surface area contributed by atoms with Crippen molar-refractivity contribution in [2.24, 2.45) is 5.92 Å². The lowest BCUT2D eigenvalue weighted by Gasteiger charge is -2.24. The number of piperidine rings is 1. The highest BCUT2D eigenvalue weighted by Gasteiger charge is 2.22. The van der Waals surface area contributed by atoms with Crippen LogP contribution in [0.25, 0.3) is 0 Å². The maximum absolute atomic E-state index is 12.6. The van der Waals surface area contributed by atoms with Crippen LogP contribution in [0.2, 0.25) is 0 Å². The molecule has 1 fully saturated rings. The van der Waals surface area contributed by atoms with E-state index >= 15 is 0 Å². The minimum Gasteiger partial charge on any atom is -0.396 e. The Bertz CT molecular complexity index is 93.8. The van der Waals surface area contributed by atoms with Gasteiger partial charge in [-0.25, -0.2) is 4.39 Å². The van der Waals surface area contributed by atoms with Crippen LogP contribution in [0.5, 0.6) is 0 Å². The number of aliphatic hydroxyl groups excluding tert-OH is 1. The summed E-state index contributed by atoms with van der Waals surface area (Å²) in [6, 6.07) is 0. The van der Waals surface area contributed by atoms with Crippen molar-refractivity contribution < 1.29 is 9.50 Å². The molecule has 0 unspecified atom stereocenters. The normalized spacial score (nSPS) is 33.0. The zero-order valence-electron chi connectivity index (χ0n) is 5.72. The largest absolute Gasteiger partial charge is 0.396 e. The molecule has 2 N–H and O–H groups in total. The molecule has 0 saturated carbocycles. The van der Waals surface area contributed by atoms with Gasteiger partial charge in [0.25, 0.3) is 0 Å².